The monoisotopic (exact) mass is 224 g/mol. The maximum absolute atomic E-state index is 2.30. The molecule has 1 aliphatic rings. The summed E-state index contributed by atoms with van der Waals surface area (Å²) in [4.78, 5) is 0. The SMILES string of the molecule is ISC1C=CC=C1. The topological polar surface area (TPSA) is 0 Å². The van der Waals surface area contributed by atoms with Crippen LogP contribution in [0.4, 0.5) is 0 Å². The summed E-state index contributed by atoms with van der Waals surface area (Å²) < 4.78 is 0. The minimum atomic E-state index is 0.639. The third kappa shape index (κ3) is 1.49. The molecule has 0 heterocycles. The van der Waals surface area contributed by atoms with Crippen molar-refractivity contribution >= 4 is 30.1 Å². The molecule has 0 nitrogen and oxygen atoms in total. The van der Waals surface area contributed by atoms with Gasteiger partial charge in [-0.25, -0.2) is 0 Å². The van der Waals surface area contributed by atoms with Crippen molar-refractivity contribution in [3.05, 3.63) is 24.3 Å². The lowest BCUT2D eigenvalue weighted by Crippen LogP contribution is -1.80. The van der Waals surface area contributed by atoms with Crippen molar-refractivity contribution in [1.29, 1.82) is 0 Å². The first-order valence-corrected chi connectivity index (χ1v) is 5.48. The van der Waals surface area contributed by atoms with Gasteiger partial charge in [-0.2, -0.15) is 0 Å². The van der Waals surface area contributed by atoms with Gasteiger partial charge in [0.1, 0.15) is 0 Å². The molecule has 7 heavy (non-hydrogen) atoms. The molecule has 0 fully saturated rings. The Balaban J connectivity index is 2.44. The van der Waals surface area contributed by atoms with Crippen LogP contribution in [0.5, 0.6) is 0 Å². The van der Waals surface area contributed by atoms with Crippen molar-refractivity contribution in [3.63, 3.8) is 0 Å². The first kappa shape index (κ1) is 5.69. The molecule has 0 aromatic carbocycles. The van der Waals surface area contributed by atoms with Crippen molar-refractivity contribution < 1.29 is 0 Å². The quantitative estimate of drug-likeness (QED) is 0.617. The summed E-state index contributed by atoms with van der Waals surface area (Å²) in [5.41, 5.74) is 0. The molecular weight excluding hydrogens is 219 g/mol. The lowest BCUT2D eigenvalue weighted by molar-refractivity contribution is 1.49. The van der Waals surface area contributed by atoms with Crippen molar-refractivity contribution in [1.82, 2.24) is 0 Å². The predicted octanol–water partition coefficient (Wildman–Crippen LogP) is 2.56. The third-order valence-electron chi connectivity index (χ3n) is 0.816. The van der Waals surface area contributed by atoms with Crippen LogP contribution < -0.4 is 0 Å². The van der Waals surface area contributed by atoms with Crippen LogP contribution in [0.1, 0.15) is 0 Å². The Labute approximate surface area is 59.6 Å². The summed E-state index contributed by atoms with van der Waals surface area (Å²) in [6, 6.07) is 0. The van der Waals surface area contributed by atoms with Gasteiger partial charge in [0.05, 0.1) is 5.25 Å². The molecule has 0 spiro atoms. The molecule has 0 radical (unpaired) electrons. The fraction of sp³-hybridized carbons (Fsp3) is 0.200. The van der Waals surface area contributed by atoms with Crippen LogP contribution in [0.25, 0.3) is 0 Å². The maximum atomic E-state index is 2.30. The fourth-order valence-corrected chi connectivity index (χ4v) is 1.79. The van der Waals surface area contributed by atoms with Crippen LogP contribution >= 0.6 is 30.1 Å². The zero-order valence-electron chi connectivity index (χ0n) is 3.67. The highest BCUT2D eigenvalue weighted by atomic mass is 127. The Morgan fingerprint density at radius 2 is 1.86 bits per heavy atom. The van der Waals surface area contributed by atoms with E-state index in [2.05, 4.69) is 45.5 Å². The van der Waals surface area contributed by atoms with E-state index in [1.807, 2.05) is 8.93 Å². The molecule has 0 saturated heterocycles. The van der Waals surface area contributed by atoms with Crippen LogP contribution in [0, 0.1) is 0 Å². The molecule has 1 aliphatic carbocycles. The van der Waals surface area contributed by atoms with Gasteiger partial charge in [0, 0.05) is 0 Å². The van der Waals surface area contributed by atoms with E-state index in [1.165, 1.54) is 0 Å². The predicted molar refractivity (Wildman–Crippen MR) is 43.7 cm³/mol. The molecule has 0 unspecified atom stereocenters. The van der Waals surface area contributed by atoms with Gasteiger partial charge in [0.2, 0.25) is 0 Å². The molecule has 0 aromatic rings. The van der Waals surface area contributed by atoms with Crippen molar-refractivity contribution in [3.8, 4) is 0 Å². The molecule has 0 saturated carbocycles. The van der Waals surface area contributed by atoms with Crippen LogP contribution in [0.15, 0.2) is 24.3 Å². The van der Waals surface area contributed by atoms with Gasteiger partial charge in [0.25, 0.3) is 0 Å². The van der Waals surface area contributed by atoms with Gasteiger partial charge >= 0.3 is 0 Å². The molecule has 0 aromatic heterocycles. The van der Waals surface area contributed by atoms with E-state index >= 15 is 0 Å². The van der Waals surface area contributed by atoms with E-state index < -0.39 is 0 Å². The van der Waals surface area contributed by atoms with Crippen LogP contribution in [-0.4, -0.2) is 5.25 Å². The van der Waals surface area contributed by atoms with Gasteiger partial charge < -0.3 is 0 Å². The number of hydrogen-bond donors (Lipinski definition) is 0. The Morgan fingerprint density at radius 3 is 2.14 bits per heavy atom. The molecule has 0 atom stereocenters. The number of hydrogen-bond acceptors (Lipinski definition) is 1. The van der Waals surface area contributed by atoms with Gasteiger partial charge in [-0.15, -0.1) is 0 Å². The summed E-state index contributed by atoms with van der Waals surface area (Å²) in [7, 11) is 1.83. The third-order valence-corrected chi connectivity index (χ3v) is 3.10. The fourth-order valence-electron chi connectivity index (χ4n) is 0.471. The molecule has 0 amide bonds. The number of allylic oxidation sites excluding steroid dienone is 2. The Kier molecular flexibility index (Phi) is 2.25. The van der Waals surface area contributed by atoms with Gasteiger partial charge in [-0.1, -0.05) is 33.2 Å². The summed E-state index contributed by atoms with van der Waals surface area (Å²) in [6.07, 6.45) is 8.51. The average Bonchev–Trinajstić information content (AvgIpc) is 2.14. The van der Waals surface area contributed by atoms with Crippen molar-refractivity contribution in [2.75, 3.05) is 0 Å². The van der Waals surface area contributed by atoms with E-state index in [9.17, 15) is 0 Å². The minimum absolute atomic E-state index is 0.639. The van der Waals surface area contributed by atoms with Crippen LogP contribution in [0.2, 0.25) is 0 Å². The summed E-state index contributed by atoms with van der Waals surface area (Å²) in [5, 5.41) is 0.639. The molecule has 0 bridgehead atoms. The highest BCUT2D eigenvalue weighted by Gasteiger charge is 1.98. The van der Waals surface area contributed by atoms with Crippen LogP contribution in [-0.2, 0) is 0 Å². The highest BCUT2D eigenvalue weighted by Crippen LogP contribution is 2.23. The highest BCUT2D eigenvalue weighted by molar-refractivity contribution is 14.2. The molecule has 0 N–H and O–H groups in total. The van der Waals surface area contributed by atoms with E-state index in [-0.39, 0.29) is 0 Å². The zero-order valence-corrected chi connectivity index (χ0v) is 6.65. The standard InChI is InChI=1S/C5H5IS/c6-7-5-3-1-2-4-5/h1-5H. The lowest BCUT2D eigenvalue weighted by atomic mass is 10.5. The van der Waals surface area contributed by atoms with E-state index in [1.54, 1.807) is 0 Å². The Hall–Kier alpha value is 0.560. The summed E-state index contributed by atoms with van der Waals surface area (Å²) in [5.74, 6) is 0. The number of halogens is 1. The molecule has 1 rings (SSSR count). The average molecular weight is 224 g/mol. The van der Waals surface area contributed by atoms with Gasteiger partial charge in [-0.3, -0.25) is 0 Å². The van der Waals surface area contributed by atoms with E-state index in [0.717, 1.165) is 0 Å². The van der Waals surface area contributed by atoms with Crippen molar-refractivity contribution in [2.24, 2.45) is 0 Å². The minimum Gasteiger partial charge on any atom is -0.0775 e. The smallest absolute Gasteiger partial charge is 0.0514 e. The van der Waals surface area contributed by atoms with Gasteiger partial charge in [-0.05, 0) is 21.2 Å². The summed E-state index contributed by atoms with van der Waals surface area (Å²) >= 11 is 2.30. The normalized spacial score (nSPS) is 19.0. The largest absolute Gasteiger partial charge is 0.0775 e. The lowest BCUT2D eigenvalue weighted by Gasteiger charge is -1.91. The second-order valence-electron chi connectivity index (χ2n) is 1.32. The maximum Gasteiger partial charge on any atom is 0.0514 e. The molecule has 38 valence electrons. The Morgan fingerprint density at radius 1 is 1.29 bits per heavy atom. The summed E-state index contributed by atoms with van der Waals surface area (Å²) in [6.45, 7) is 0. The molecule has 0 aliphatic heterocycles. The Bertz CT molecular complexity index is 94.6. The zero-order chi connectivity index (χ0) is 5.11. The van der Waals surface area contributed by atoms with E-state index in [0.29, 0.717) is 5.25 Å². The number of rotatable bonds is 1. The first-order chi connectivity index (χ1) is 3.43. The first-order valence-electron chi connectivity index (χ1n) is 2.06. The second-order valence-corrected chi connectivity index (χ2v) is 3.57. The van der Waals surface area contributed by atoms with E-state index in [4.69, 9.17) is 0 Å². The second kappa shape index (κ2) is 2.77. The van der Waals surface area contributed by atoms with Crippen LogP contribution in [0.3, 0.4) is 0 Å². The molecular formula is C5H5IS. The van der Waals surface area contributed by atoms with Gasteiger partial charge in [0.15, 0.2) is 0 Å². The van der Waals surface area contributed by atoms with Crippen molar-refractivity contribution in [2.45, 2.75) is 5.25 Å². The molecule has 2 heteroatoms.